The van der Waals surface area contributed by atoms with E-state index in [0.717, 1.165) is 35.1 Å². The second kappa shape index (κ2) is 13.6. The van der Waals surface area contributed by atoms with Gasteiger partial charge in [0.1, 0.15) is 0 Å². The molecule has 47 heavy (non-hydrogen) atoms. The van der Waals surface area contributed by atoms with E-state index in [-0.39, 0.29) is 0 Å². The molecule has 0 spiro atoms. The van der Waals surface area contributed by atoms with E-state index in [1.165, 1.54) is 49.7 Å². The summed E-state index contributed by atoms with van der Waals surface area (Å²) in [5.74, 6) is 0.647. The summed E-state index contributed by atoms with van der Waals surface area (Å²) < 4.78 is 0. The Balaban J connectivity index is 1.20. The molecule has 0 fully saturated rings. The highest BCUT2D eigenvalue weighted by Crippen LogP contribution is 2.42. The predicted octanol–water partition coefficient (Wildman–Crippen LogP) is 11.0. The SMILES string of the molecule is C=NC(=NCc1ccccc1)c1ccc(C(/C=C\Cc2ccc(-c3ccccc3)cc2)=C2\Cc3cc4ccccc4cc3C2=C)cc1. The van der Waals surface area contributed by atoms with E-state index in [9.17, 15) is 0 Å². The molecule has 6 aromatic carbocycles. The summed E-state index contributed by atoms with van der Waals surface area (Å²) in [6.45, 7) is 8.98. The zero-order valence-electron chi connectivity index (χ0n) is 26.4. The van der Waals surface area contributed by atoms with Crippen molar-refractivity contribution in [3.63, 3.8) is 0 Å². The number of fused-ring (bicyclic) bond motifs is 2. The first-order valence-corrected chi connectivity index (χ1v) is 16.1. The van der Waals surface area contributed by atoms with Gasteiger partial charge in [0.2, 0.25) is 0 Å². The summed E-state index contributed by atoms with van der Waals surface area (Å²) in [6.07, 6.45) is 6.25. The van der Waals surface area contributed by atoms with Crippen molar-refractivity contribution in [3.05, 3.63) is 203 Å². The van der Waals surface area contributed by atoms with Gasteiger partial charge in [0.25, 0.3) is 0 Å². The second-order valence-corrected chi connectivity index (χ2v) is 11.9. The maximum absolute atomic E-state index is 4.76. The largest absolute Gasteiger partial charge is 0.261 e. The van der Waals surface area contributed by atoms with Crippen molar-refractivity contribution in [2.24, 2.45) is 9.98 Å². The third-order valence-corrected chi connectivity index (χ3v) is 8.91. The van der Waals surface area contributed by atoms with Crippen LogP contribution in [0.2, 0.25) is 0 Å². The molecule has 0 amide bonds. The van der Waals surface area contributed by atoms with Gasteiger partial charge in [-0.3, -0.25) is 4.99 Å². The Kier molecular flexibility index (Phi) is 8.66. The van der Waals surface area contributed by atoms with Crippen LogP contribution >= 0.6 is 0 Å². The van der Waals surface area contributed by atoms with Crippen LogP contribution in [0.15, 0.2) is 180 Å². The molecule has 0 atom stereocenters. The Morgan fingerprint density at radius 1 is 0.638 bits per heavy atom. The summed E-state index contributed by atoms with van der Waals surface area (Å²) in [4.78, 5) is 9.02. The van der Waals surface area contributed by atoms with E-state index < -0.39 is 0 Å². The summed E-state index contributed by atoms with van der Waals surface area (Å²) in [5.41, 5.74) is 13.1. The molecule has 0 aliphatic heterocycles. The highest BCUT2D eigenvalue weighted by molar-refractivity contribution is 6.02. The Morgan fingerprint density at radius 3 is 1.96 bits per heavy atom. The quantitative estimate of drug-likeness (QED) is 0.122. The van der Waals surface area contributed by atoms with E-state index in [2.05, 4.69) is 158 Å². The first-order valence-electron chi connectivity index (χ1n) is 16.1. The molecule has 0 saturated carbocycles. The molecule has 7 rings (SSSR count). The molecule has 226 valence electrons. The minimum absolute atomic E-state index is 0.563. The molecule has 2 nitrogen and oxygen atoms in total. The van der Waals surface area contributed by atoms with Gasteiger partial charge in [-0.1, -0.05) is 158 Å². The lowest BCUT2D eigenvalue weighted by Crippen LogP contribution is -1.99. The van der Waals surface area contributed by atoms with Gasteiger partial charge < -0.3 is 0 Å². The molecule has 0 saturated heterocycles. The van der Waals surface area contributed by atoms with Gasteiger partial charge in [0, 0.05) is 5.56 Å². The molecule has 0 heterocycles. The highest BCUT2D eigenvalue weighted by Gasteiger charge is 2.23. The van der Waals surface area contributed by atoms with Crippen LogP contribution in [-0.2, 0) is 19.4 Å². The maximum atomic E-state index is 4.76. The second-order valence-electron chi connectivity index (χ2n) is 11.9. The van der Waals surface area contributed by atoms with Gasteiger partial charge in [0.15, 0.2) is 5.84 Å². The molecule has 0 unspecified atom stereocenters. The lowest BCUT2D eigenvalue weighted by molar-refractivity contribution is 1.06. The van der Waals surface area contributed by atoms with Crippen LogP contribution in [0.1, 0.15) is 33.4 Å². The van der Waals surface area contributed by atoms with Crippen LogP contribution in [0.3, 0.4) is 0 Å². The molecule has 6 aromatic rings. The van der Waals surface area contributed by atoms with Crippen molar-refractivity contribution in [1.82, 2.24) is 0 Å². The van der Waals surface area contributed by atoms with Crippen LogP contribution < -0.4 is 0 Å². The zero-order valence-corrected chi connectivity index (χ0v) is 26.4. The van der Waals surface area contributed by atoms with Gasteiger partial charge in [-0.05, 0) is 92.1 Å². The topological polar surface area (TPSA) is 24.7 Å². The van der Waals surface area contributed by atoms with Crippen LogP contribution in [-0.4, -0.2) is 12.6 Å². The van der Waals surface area contributed by atoms with Gasteiger partial charge in [0.05, 0.1) is 6.54 Å². The van der Waals surface area contributed by atoms with Gasteiger partial charge in [-0.25, -0.2) is 4.99 Å². The third kappa shape index (κ3) is 6.59. The molecule has 0 aromatic heterocycles. The average molecular weight is 605 g/mol. The number of benzene rings is 6. The van der Waals surface area contributed by atoms with Crippen LogP contribution in [0.4, 0.5) is 0 Å². The molecule has 0 bridgehead atoms. The average Bonchev–Trinajstić information content (AvgIpc) is 3.45. The minimum Gasteiger partial charge on any atom is -0.261 e. The smallest absolute Gasteiger partial charge is 0.154 e. The number of aliphatic imine (C=N–C) groups is 2. The summed E-state index contributed by atoms with van der Waals surface area (Å²) in [6, 6.07) is 51.3. The molecule has 0 N–H and O–H groups in total. The maximum Gasteiger partial charge on any atom is 0.154 e. The zero-order chi connectivity index (χ0) is 32.0. The van der Waals surface area contributed by atoms with Crippen molar-refractivity contribution < 1.29 is 0 Å². The molecule has 1 aliphatic rings. The molecular formula is C45H36N2. The number of hydrogen-bond donors (Lipinski definition) is 0. The molecule has 0 radical (unpaired) electrons. The van der Waals surface area contributed by atoms with Gasteiger partial charge >= 0.3 is 0 Å². The summed E-state index contributed by atoms with van der Waals surface area (Å²) >= 11 is 0. The Morgan fingerprint density at radius 2 is 1.26 bits per heavy atom. The van der Waals surface area contributed by atoms with Crippen molar-refractivity contribution in [3.8, 4) is 11.1 Å². The number of rotatable bonds is 8. The normalized spacial score (nSPS) is 14.0. The summed E-state index contributed by atoms with van der Waals surface area (Å²) in [5, 5.41) is 2.51. The van der Waals surface area contributed by atoms with Crippen molar-refractivity contribution in [2.45, 2.75) is 19.4 Å². The Hall–Kier alpha value is -5.86. The van der Waals surface area contributed by atoms with E-state index in [4.69, 9.17) is 4.99 Å². The fourth-order valence-electron chi connectivity index (χ4n) is 6.36. The van der Waals surface area contributed by atoms with Gasteiger partial charge in [-0.2, -0.15) is 0 Å². The standard InChI is InChI=1S/C45H36N2/c1-32-43-29-40-18-10-9-17-39(40)28-41(43)30-44(32)42(19-11-14-33-20-22-36(23-21-33)35-15-7-4-8-16-35)37-24-26-38(27-25-37)45(46-2)47-31-34-12-5-3-6-13-34/h3-13,15-29H,1-2,14,30-31H2/b19-11-,44-42+,47-45?. The summed E-state index contributed by atoms with van der Waals surface area (Å²) in [7, 11) is 0. The van der Waals surface area contributed by atoms with Crippen molar-refractivity contribution in [2.75, 3.05) is 0 Å². The van der Waals surface area contributed by atoms with Crippen LogP contribution in [0.25, 0.3) is 33.0 Å². The van der Waals surface area contributed by atoms with Crippen LogP contribution in [0.5, 0.6) is 0 Å². The first-order chi connectivity index (χ1) is 23.2. The van der Waals surface area contributed by atoms with E-state index in [1.54, 1.807) is 0 Å². The fourth-order valence-corrected chi connectivity index (χ4v) is 6.36. The third-order valence-electron chi connectivity index (χ3n) is 8.91. The number of allylic oxidation sites excluding steroid dienone is 5. The Bertz CT molecular complexity index is 2150. The monoisotopic (exact) mass is 604 g/mol. The molecule has 2 heteroatoms. The fraction of sp³-hybridized carbons (Fsp3) is 0.0667. The van der Waals surface area contributed by atoms with Crippen molar-refractivity contribution in [1.29, 1.82) is 0 Å². The van der Waals surface area contributed by atoms with E-state index in [0.29, 0.717) is 12.4 Å². The molecule has 1 aliphatic carbocycles. The van der Waals surface area contributed by atoms with Crippen molar-refractivity contribution >= 4 is 34.5 Å². The highest BCUT2D eigenvalue weighted by atomic mass is 14.9. The van der Waals surface area contributed by atoms with E-state index in [1.807, 2.05) is 18.2 Å². The van der Waals surface area contributed by atoms with E-state index >= 15 is 0 Å². The molecular weight excluding hydrogens is 569 g/mol. The predicted molar refractivity (Wildman–Crippen MR) is 201 cm³/mol. The number of nitrogens with zero attached hydrogens (tertiary/aromatic N) is 2. The first kappa shape index (κ1) is 29.8. The van der Waals surface area contributed by atoms with Gasteiger partial charge in [-0.15, -0.1) is 0 Å². The Labute approximate surface area is 277 Å². The number of hydrogen-bond acceptors (Lipinski definition) is 1. The minimum atomic E-state index is 0.563. The number of amidine groups is 1. The lowest BCUT2D eigenvalue weighted by atomic mass is 9.93. The lowest BCUT2D eigenvalue weighted by Gasteiger charge is -2.11. The van der Waals surface area contributed by atoms with Crippen LogP contribution in [0, 0.1) is 0 Å².